The van der Waals surface area contributed by atoms with E-state index in [1.165, 1.54) is 10.4 Å². The van der Waals surface area contributed by atoms with Crippen molar-refractivity contribution in [3.8, 4) is 0 Å². The Hall–Kier alpha value is -2.88. The molecule has 2 saturated heterocycles. The summed E-state index contributed by atoms with van der Waals surface area (Å²) in [5, 5.41) is 7.80. The molecule has 0 radical (unpaired) electrons. The van der Waals surface area contributed by atoms with Gasteiger partial charge in [0.05, 0.1) is 5.41 Å². The SMILES string of the molecule is C=C[C@H]1CC[C@H](c2ccccc2)S(=O)(=O)N1Cc1ccc(C2(c3nnc(C)[nH]3)CCOCC2)cc1F. The highest BCUT2D eigenvalue weighted by Gasteiger charge is 2.42. The summed E-state index contributed by atoms with van der Waals surface area (Å²) in [4.78, 5) is 3.23. The van der Waals surface area contributed by atoms with Gasteiger partial charge < -0.3 is 9.72 Å². The predicted molar refractivity (Wildman–Crippen MR) is 135 cm³/mol. The number of aryl methyl sites for hydroxylation is 1. The average Bonchev–Trinajstić information content (AvgIpc) is 3.33. The van der Waals surface area contributed by atoms with E-state index >= 15 is 4.39 Å². The van der Waals surface area contributed by atoms with Crippen molar-refractivity contribution in [3.63, 3.8) is 0 Å². The van der Waals surface area contributed by atoms with Gasteiger partial charge in [0.2, 0.25) is 10.0 Å². The molecule has 2 fully saturated rings. The van der Waals surface area contributed by atoms with Crippen molar-refractivity contribution >= 4 is 10.0 Å². The number of nitrogens with one attached hydrogen (secondary N) is 1. The highest BCUT2D eigenvalue weighted by Crippen LogP contribution is 2.41. The Labute approximate surface area is 211 Å². The highest BCUT2D eigenvalue weighted by molar-refractivity contribution is 7.89. The number of hydrogen-bond donors (Lipinski definition) is 1. The minimum Gasteiger partial charge on any atom is -0.381 e. The molecule has 7 nitrogen and oxygen atoms in total. The number of rotatable bonds is 6. The van der Waals surface area contributed by atoms with Crippen LogP contribution in [0.1, 0.15) is 59.3 Å². The number of ether oxygens (including phenoxy) is 1. The van der Waals surface area contributed by atoms with Gasteiger partial charge in [-0.3, -0.25) is 0 Å². The second-order valence-corrected chi connectivity index (χ2v) is 11.7. The summed E-state index contributed by atoms with van der Waals surface area (Å²) in [6.07, 6.45) is 4.09. The van der Waals surface area contributed by atoms with Gasteiger partial charge in [-0.1, -0.05) is 48.5 Å². The molecule has 0 bridgehead atoms. The van der Waals surface area contributed by atoms with Crippen LogP contribution >= 0.6 is 0 Å². The van der Waals surface area contributed by atoms with E-state index in [1.807, 2.05) is 43.3 Å². The fourth-order valence-corrected chi connectivity index (χ4v) is 7.65. The van der Waals surface area contributed by atoms with Gasteiger partial charge in [-0.05, 0) is 49.8 Å². The Morgan fingerprint density at radius 3 is 2.56 bits per heavy atom. The van der Waals surface area contributed by atoms with E-state index in [0.29, 0.717) is 56.1 Å². The quantitative estimate of drug-likeness (QED) is 0.491. The van der Waals surface area contributed by atoms with Gasteiger partial charge in [-0.15, -0.1) is 16.8 Å². The van der Waals surface area contributed by atoms with E-state index in [1.54, 1.807) is 12.1 Å². The average molecular weight is 511 g/mol. The van der Waals surface area contributed by atoms with E-state index in [0.717, 1.165) is 11.1 Å². The monoisotopic (exact) mass is 510 g/mol. The van der Waals surface area contributed by atoms with Crippen molar-refractivity contribution < 1.29 is 17.5 Å². The fraction of sp³-hybridized carbons (Fsp3) is 0.407. The van der Waals surface area contributed by atoms with E-state index in [9.17, 15) is 8.42 Å². The van der Waals surface area contributed by atoms with E-state index in [4.69, 9.17) is 4.74 Å². The van der Waals surface area contributed by atoms with Crippen LogP contribution < -0.4 is 0 Å². The molecule has 2 aliphatic rings. The topological polar surface area (TPSA) is 88.2 Å². The molecule has 1 N–H and O–H groups in total. The summed E-state index contributed by atoms with van der Waals surface area (Å²) in [6.45, 7) is 6.72. The summed E-state index contributed by atoms with van der Waals surface area (Å²) in [5.41, 5.74) is 1.34. The molecular formula is C27H31FN4O3S. The van der Waals surface area contributed by atoms with Crippen molar-refractivity contribution in [1.82, 2.24) is 19.5 Å². The molecule has 3 aromatic rings. The molecule has 0 unspecified atom stereocenters. The van der Waals surface area contributed by atoms with Gasteiger partial charge in [0.15, 0.2) is 0 Å². The number of sulfonamides is 1. The Balaban J connectivity index is 1.47. The maximum absolute atomic E-state index is 15.6. The van der Waals surface area contributed by atoms with E-state index in [2.05, 4.69) is 21.8 Å². The minimum absolute atomic E-state index is 0.0496. The van der Waals surface area contributed by atoms with Gasteiger partial charge in [-0.2, -0.15) is 4.31 Å². The molecule has 0 aliphatic carbocycles. The molecule has 0 spiro atoms. The maximum Gasteiger partial charge on any atom is 0.222 e. The van der Waals surface area contributed by atoms with Crippen LogP contribution in [-0.4, -0.2) is 47.2 Å². The van der Waals surface area contributed by atoms with Crippen molar-refractivity contribution in [3.05, 3.63) is 95.3 Å². The second kappa shape index (κ2) is 9.88. The van der Waals surface area contributed by atoms with Crippen LogP contribution in [-0.2, 0) is 26.7 Å². The molecule has 2 atom stereocenters. The standard InChI is InChI=1S/C27H31FN4O3S/c1-3-23-11-12-25(20-7-5-4-6-8-20)36(33,34)32(23)18-21-9-10-22(17-24(21)28)27(13-15-35-16-14-27)26-29-19(2)30-31-26/h3-10,17,23,25H,1,11-16,18H2,2H3,(H,29,30,31)/t23-,25+/m0/s1. The van der Waals surface area contributed by atoms with Crippen LogP contribution in [0.5, 0.6) is 0 Å². The zero-order valence-corrected chi connectivity index (χ0v) is 21.2. The summed E-state index contributed by atoms with van der Waals surface area (Å²) in [5.74, 6) is 0.965. The zero-order chi connectivity index (χ0) is 25.3. The maximum atomic E-state index is 15.6. The molecular weight excluding hydrogens is 479 g/mol. The normalized spacial score (nSPS) is 23.8. The largest absolute Gasteiger partial charge is 0.381 e. The van der Waals surface area contributed by atoms with Crippen LogP contribution in [0.4, 0.5) is 4.39 Å². The highest BCUT2D eigenvalue weighted by atomic mass is 32.2. The molecule has 36 heavy (non-hydrogen) atoms. The number of aromatic amines is 1. The molecule has 190 valence electrons. The van der Waals surface area contributed by atoms with Crippen molar-refractivity contribution in [2.24, 2.45) is 0 Å². The van der Waals surface area contributed by atoms with Crippen LogP contribution in [0.15, 0.2) is 61.2 Å². The third-order valence-electron chi connectivity index (χ3n) is 7.56. The van der Waals surface area contributed by atoms with Gasteiger partial charge in [0.1, 0.15) is 22.7 Å². The first-order valence-corrected chi connectivity index (χ1v) is 13.8. The first-order chi connectivity index (χ1) is 17.3. The first kappa shape index (κ1) is 24.8. The molecule has 9 heteroatoms. The van der Waals surface area contributed by atoms with Gasteiger partial charge in [0, 0.05) is 31.4 Å². The van der Waals surface area contributed by atoms with Crippen LogP contribution in [0.2, 0.25) is 0 Å². The number of H-pyrrole nitrogens is 1. The third-order valence-corrected chi connectivity index (χ3v) is 9.84. The zero-order valence-electron chi connectivity index (χ0n) is 20.4. The number of halogens is 1. The molecule has 1 aromatic heterocycles. The molecule has 0 amide bonds. The summed E-state index contributed by atoms with van der Waals surface area (Å²) < 4.78 is 50.0. The molecule has 2 aromatic carbocycles. The Kier molecular flexibility index (Phi) is 6.80. The lowest BCUT2D eigenvalue weighted by Crippen LogP contribution is -2.45. The van der Waals surface area contributed by atoms with Crippen molar-refractivity contribution in [2.45, 2.75) is 55.9 Å². The Morgan fingerprint density at radius 2 is 1.92 bits per heavy atom. The molecule has 5 rings (SSSR count). The molecule has 0 saturated carbocycles. The number of hydrogen-bond acceptors (Lipinski definition) is 5. The van der Waals surface area contributed by atoms with E-state index < -0.39 is 26.5 Å². The second-order valence-electron chi connectivity index (χ2n) is 9.63. The van der Waals surface area contributed by atoms with E-state index in [-0.39, 0.29) is 12.6 Å². The molecule has 3 heterocycles. The number of aromatic nitrogens is 3. The summed E-state index contributed by atoms with van der Waals surface area (Å²) in [6, 6.07) is 13.9. The van der Waals surface area contributed by atoms with Gasteiger partial charge in [0.25, 0.3) is 0 Å². The predicted octanol–water partition coefficient (Wildman–Crippen LogP) is 4.57. The van der Waals surface area contributed by atoms with Crippen LogP contribution in [0, 0.1) is 12.7 Å². The van der Waals surface area contributed by atoms with Crippen molar-refractivity contribution in [1.29, 1.82) is 0 Å². The lowest BCUT2D eigenvalue weighted by Gasteiger charge is -2.38. The summed E-state index contributed by atoms with van der Waals surface area (Å²) >= 11 is 0. The lowest BCUT2D eigenvalue weighted by molar-refractivity contribution is 0.0604. The Morgan fingerprint density at radius 1 is 1.17 bits per heavy atom. The first-order valence-electron chi connectivity index (χ1n) is 12.3. The smallest absolute Gasteiger partial charge is 0.222 e. The van der Waals surface area contributed by atoms with Crippen LogP contribution in [0.3, 0.4) is 0 Å². The lowest BCUT2D eigenvalue weighted by atomic mass is 9.73. The molecule has 2 aliphatic heterocycles. The minimum atomic E-state index is -3.72. The van der Waals surface area contributed by atoms with Crippen LogP contribution in [0.25, 0.3) is 0 Å². The third kappa shape index (κ3) is 4.40. The number of nitrogens with zero attached hydrogens (tertiary/aromatic N) is 3. The van der Waals surface area contributed by atoms with Gasteiger partial charge >= 0.3 is 0 Å². The van der Waals surface area contributed by atoms with Crippen molar-refractivity contribution in [2.75, 3.05) is 13.2 Å². The number of benzene rings is 2. The van der Waals surface area contributed by atoms with Gasteiger partial charge in [-0.25, -0.2) is 12.8 Å². The fourth-order valence-electron chi connectivity index (χ4n) is 5.50. The summed E-state index contributed by atoms with van der Waals surface area (Å²) in [7, 11) is -3.72. The Bertz CT molecular complexity index is 1340.